The fourth-order valence-corrected chi connectivity index (χ4v) is 3.09. The van der Waals surface area contributed by atoms with Crippen LogP contribution in [-0.4, -0.2) is 4.57 Å². The molecular formula is C17H13ClFN3O2. The molecule has 24 heavy (non-hydrogen) atoms. The molecule has 3 rings (SSSR count). The molecule has 2 N–H and O–H groups in total. The first-order valence-electron chi connectivity index (χ1n) is 7.08. The van der Waals surface area contributed by atoms with Crippen LogP contribution in [0, 0.1) is 24.1 Å². The first kappa shape index (κ1) is 16.1. The Kier molecular flexibility index (Phi) is 3.82. The maximum Gasteiger partial charge on any atom is 0.258 e. The molecule has 0 radical (unpaired) electrons. The number of ether oxygens (including phenoxy) is 1. The van der Waals surface area contributed by atoms with Gasteiger partial charge in [0.05, 0.1) is 11.5 Å². The predicted molar refractivity (Wildman–Crippen MR) is 87.1 cm³/mol. The van der Waals surface area contributed by atoms with E-state index in [4.69, 9.17) is 22.1 Å². The van der Waals surface area contributed by atoms with E-state index in [2.05, 4.69) is 0 Å². The third-order valence-electron chi connectivity index (χ3n) is 4.14. The van der Waals surface area contributed by atoms with Crippen molar-refractivity contribution in [2.45, 2.75) is 12.8 Å². The molecule has 1 aliphatic rings. The Morgan fingerprint density at radius 1 is 1.42 bits per heavy atom. The van der Waals surface area contributed by atoms with Gasteiger partial charge in [0, 0.05) is 29.4 Å². The molecular weight excluding hydrogens is 333 g/mol. The van der Waals surface area contributed by atoms with E-state index in [9.17, 15) is 14.4 Å². The van der Waals surface area contributed by atoms with Gasteiger partial charge < -0.3 is 15.0 Å². The normalized spacial score (nSPS) is 16.4. The third kappa shape index (κ3) is 2.25. The van der Waals surface area contributed by atoms with Crippen molar-refractivity contribution in [1.29, 1.82) is 5.26 Å². The van der Waals surface area contributed by atoms with Crippen LogP contribution in [0.1, 0.15) is 22.7 Å². The number of rotatable bonds is 1. The van der Waals surface area contributed by atoms with Crippen molar-refractivity contribution in [3.05, 3.63) is 73.7 Å². The summed E-state index contributed by atoms with van der Waals surface area (Å²) in [5.74, 6) is -1.60. The molecule has 0 saturated carbocycles. The molecule has 0 fully saturated rings. The number of nitriles is 1. The molecule has 0 amide bonds. The highest BCUT2D eigenvalue weighted by Crippen LogP contribution is 2.43. The van der Waals surface area contributed by atoms with Gasteiger partial charge in [0.25, 0.3) is 5.56 Å². The lowest BCUT2D eigenvalue weighted by molar-refractivity contribution is 0.388. The Labute approximate surface area is 142 Å². The topological polar surface area (TPSA) is 81.0 Å². The zero-order valence-electron chi connectivity index (χ0n) is 12.9. The number of allylic oxidation sites excluding steroid dienone is 1. The fraction of sp³-hybridized carbons (Fsp3) is 0.176. The van der Waals surface area contributed by atoms with Gasteiger partial charge in [0.2, 0.25) is 5.88 Å². The van der Waals surface area contributed by atoms with Crippen LogP contribution in [-0.2, 0) is 7.05 Å². The van der Waals surface area contributed by atoms with Gasteiger partial charge in [0.15, 0.2) is 0 Å². The van der Waals surface area contributed by atoms with E-state index < -0.39 is 17.3 Å². The van der Waals surface area contributed by atoms with Crippen LogP contribution < -0.4 is 16.0 Å². The molecule has 1 aliphatic heterocycles. The molecule has 0 aliphatic carbocycles. The van der Waals surface area contributed by atoms with Crippen LogP contribution in [0.2, 0.25) is 5.02 Å². The van der Waals surface area contributed by atoms with Crippen LogP contribution in [0.15, 0.2) is 40.5 Å². The quantitative estimate of drug-likeness (QED) is 0.861. The van der Waals surface area contributed by atoms with Gasteiger partial charge in [-0.15, -0.1) is 0 Å². The van der Waals surface area contributed by atoms with Gasteiger partial charge in [-0.1, -0.05) is 17.7 Å². The average molecular weight is 346 g/mol. The van der Waals surface area contributed by atoms with Crippen molar-refractivity contribution < 1.29 is 9.13 Å². The maximum atomic E-state index is 14.5. The van der Waals surface area contributed by atoms with Crippen LogP contribution in [0.4, 0.5) is 4.39 Å². The highest BCUT2D eigenvalue weighted by atomic mass is 35.5. The summed E-state index contributed by atoms with van der Waals surface area (Å²) >= 11 is 6.16. The Balaban J connectivity index is 2.43. The standard InChI is InChI=1S/C17H13ClFN3O2/c1-8-6-12-15(17(23)22(8)2)13(9(7-20)16(21)24-12)14-10(18)4-3-5-11(14)19/h3-6,13H,21H2,1-2H3/t13-/m0/s1. The monoisotopic (exact) mass is 345 g/mol. The predicted octanol–water partition coefficient (Wildman–Crippen LogP) is 2.70. The third-order valence-corrected chi connectivity index (χ3v) is 4.47. The van der Waals surface area contributed by atoms with Crippen molar-refractivity contribution >= 4 is 11.6 Å². The second-order valence-electron chi connectivity index (χ2n) is 5.49. The van der Waals surface area contributed by atoms with Crippen LogP contribution in [0.5, 0.6) is 5.75 Å². The number of benzene rings is 1. The van der Waals surface area contributed by atoms with Crippen LogP contribution >= 0.6 is 11.6 Å². The molecule has 0 spiro atoms. The molecule has 5 nitrogen and oxygen atoms in total. The maximum absolute atomic E-state index is 14.5. The second-order valence-corrected chi connectivity index (χ2v) is 5.90. The van der Waals surface area contributed by atoms with E-state index in [1.54, 1.807) is 20.0 Å². The first-order chi connectivity index (χ1) is 11.4. The summed E-state index contributed by atoms with van der Waals surface area (Å²) in [5, 5.41) is 9.58. The van der Waals surface area contributed by atoms with E-state index >= 15 is 0 Å². The molecule has 0 bridgehead atoms. The Morgan fingerprint density at radius 2 is 2.12 bits per heavy atom. The van der Waals surface area contributed by atoms with Crippen molar-refractivity contribution in [3.63, 3.8) is 0 Å². The van der Waals surface area contributed by atoms with E-state index in [0.29, 0.717) is 5.69 Å². The summed E-state index contributed by atoms with van der Waals surface area (Å²) in [6.07, 6.45) is 0. The lowest BCUT2D eigenvalue weighted by Crippen LogP contribution is -2.32. The number of hydrogen-bond donors (Lipinski definition) is 1. The minimum Gasteiger partial charge on any atom is -0.440 e. The fourth-order valence-electron chi connectivity index (χ4n) is 2.82. The van der Waals surface area contributed by atoms with Crippen molar-refractivity contribution in [2.24, 2.45) is 12.8 Å². The first-order valence-corrected chi connectivity index (χ1v) is 7.46. The molecule has 1 aromatic heterocycles. The number of nitrogens with zero attached hydrogens (tertiary/aromatic N) is 2. The number of fused-ring (bicyclic) bond motifs is 1. The number of aromatic nitrogens is 1. The van der Waals surface area contributed by atoms with E-state index in [0.717, 1.165) is 0 Å². The van der Waals surface area contributed by atoms with Crippen molar-refractivity contribution in [2.75, 3.05) is 0 Å². The molecule has 0 saturated heterocycles. The van der Waals surface area contributed by atoms with E-state index in [1.165, 1.54) is 22.8 Å². The highest BCUT2D eigenvalue weighted by molar-refractivity contribution is 6.31. The lowest BCUT2D eigenvalue weighted by atomic mass is 9.83. The number of aryl methyl sites for hydroxylation is 1. The van der Waals surface area contributed by atoms with Gasteiger partial charge in [-0.3, -0.25) is 4.79 Å². The summed E-state index contributed by atoms with van der Waals surface area (Å²) in [4.78, 5) is 12.8. The highest BCUT2D eigenvalue weighted by Gasteiger charge is 2.36. The molecule has 1 atom stereocenters. The SMILES string of the molecule is Cc1cc2c(c(=O)n1C)[C@H](c1c(F)cccc1Cl)C(C#N)=C(N)O2. The van der Waals surface area contributed by atoms with Gasteiger partial charge >= 0.3 is 0 Å². The summed E-state index contributed by atoms with van der Waals surface area (Å²) in [6, 6.07) is 7.71. The number of hydrogen-bond acceptors (Lipinski definition) is 4. The van der Waals surface area contributed by atoms with E-state index in [1.807, 2.05) is 6.07 Å². The second kappa shape index (κ2) is 5.69. The number of halogens is 2. The van der Waals surface area contributed by atoms with Crippen LogP contribution in [0.3, 0.4) is 0 Å². The summed E-state index contributed by atoms with van der Waals surface area (Å²) in [6.45, 7) is 1.73. The zero-order valence-corrected chi connectivity index (χ0v) is 13.7. The smallest absolute Gasteiger partial charge is 0.258 e. The number of nitrogens with two attached hydrogens (primary N) is 1. The Morgan fingerprint density at radius 3 is 2.75 bits per heavy atom. The average Bonchev–Trinajstić information content (AvgIpc) is 2.52. The minimum absolute atomic E-state index is 0.0316. The summed E-state index contributed by atoms with van der Waals surface area (Å²) in [5.41, 5.74) is 6.21. The summed E-state index contributed by atoms with van der Waals surface area (Å²) < 4.78 is 21.3. The minimum atomic E-state index is -1.02. The van der Waals surface area contributed by atoms with Crippen LogP contribution in [0.25, 0.3) is 0 Å². The molecule has 122 valence electrons. The van der Waals surface area contributed by atoms with Crippen molar-refractivity contribution in [1.82, 2.24) is 4.57 Å². The summed E-state index contributed by atoms with van der Waals surface area (Å²) in [7, 11) is 1.59. The molecule has 2 aromatic rings. The number of pyridine rings is 1. The zero-order chi connectivity index (χ0) is 17.6. The van der Waals surface area contributed by atoms with E-state index in [-0.39, 0.29) is 33.4 Å². The molecule has 0 unspecified atom stereocenters. The Hall–Kier alpha value is -2.78. The van der Waals surface area contributed by atoms with Gasteiger partial charge in [-0.05, 0) is 19.1 Å². The van der Waals surface area contributed by atoms with Gasteiger partial charge in [-0.25, -0.2) is 4.39 Å². The molecule has 1 aromatic carbocycles. The Bertz CT molecular complexity index is 968. The van der Waals surface area contributed by atoms with Gasteiger partial charge in [0.1, 0.15) is 23.2 Å². The van der Waals surface area contributed by atoms with Gasteiger partial charge in [-0.2, -0.15) is 5.26 Å². The largest absolute Gasteiger partial charge is 0.440 e. The lowest BCUT2D eigenvalue weighted by Gasteiger charge is -2.27. The molecule has 7 heteroatoms. The van der Waals surface area contributed by atoms with Crippen molar-refractivity contribution in [3.8, 4) is 11.8 Å². The molecule has 2 heterocycles.